The molecule has 1 aromatic rings. The van der Waals surface area contributed by atoms with Crippen LogP contribution in [0.4, 0.5) is 0 Å². The van der Waals surface area contributed by atoms with E-state index in [0.717, 1.165) is 17.7 Å². The molecule has 2 N–H and O–H groups in total. The maximum Gasteiger partial charge on any atom is 0.124 e. The molecule has 1 atom stereocenters. The number of para-hydroxylation sites is 1. The summed E-state index contributed by atoms with van der Waals surface area (Å²) in [4.78, 5) is 0. The lowest BCUT2D eigenvalue weighted by Crippen LogP contribution is -2.13. The molecule has 1 aromatic carbocycles. The van der Waals surface area contributed by atoms with Gasteiger partial charge in [-0.3, -0.25) is 0 Å². The Morgan fingerprint density at radius 3 is 2.67 bits per heavy atom. The average molecular weight is 205 g/mol. The van der Waals surface area contributed by atoms with E-state index in [0.29, 0.717) is 0 Å². The molecule has 1 rings (SSSR count). The van der Waals surface area contributed by atoms with Gasteiger partial charge in [-0.15, -0.1) is 6.58 Å². The highest BCUT2D eigenvalue weighted by molar-refractivity contribution is 5.36. The molecule has 0 fully saturated rings. The minimum atomic E-state index is -0.0301. The molecule has 0 aliphatic rings. The fraction of sp³-hybridized carbons (Fsp3) is 0.385. The van der Waals surface area contributed by atoms with E-state index < -0.39 is 0 Å². The summed E-state index contributed by atoms with van der Waals surface area (Å²) in [6, 6.07) is 7.87. The van der Waals surface area contributed by atoms with E-state index in [4.69, 9.17) is 10.5 Å². The molecular formula is C13H19NO. The maximum absolute atomic E-state index is 6.03. The standard InChI is InChI=1S/C13H19NO/c1-4-7-12(14)11-8-5-6-9-13(11)15-10(2)3/h4-6,8-10,12H,1,7,14H2,2-3H3/t12-/m0/s1. The van der Waals surface area contributed by atoms with E-state index in [1.165, 1.54) is 0 Å². The van der Waals surface area contributed by atoms with Crippen molar-refractivity contribution in [3.05, 3.63) is 42.5 Å². The van der Waals surface area contributed by atoms with Crippen molar-refractivity contribution >= 4 is 0 Å². The number of hydrogen-bond donors (Lipinski definition) is 1. The maximum atomic E-state index is 6.03. The Morgan fingerprint density at radius 1 is 1.40 bits per heavy atom. The van der Waals surface area contributed by atoms with Gasteiger partial charge in [-0.05, 0) is 26.3 Å². The first-order valence-corrected chi connectivity index (χ1v) is 5.27. The molecule has 0 unspecified atom stereocenters. The van der Waals surface area contributed by atoms with Crippen molar-refractivity contribution in [2.24, 2.45) is 5.73 Å². The van der Waals surface area contributed by atoms with E-state index in [1.54, 1.807) is 0 Å². The van der Waals surface area contributed by atoms with Gasteiger partial charge in [-0.1, -0.05) is 24.3 Å². The Hall–Kier alpha value is -1.28. The molecule has 0 saturated heterocycles. The van der Waals surface area contributed by atoms with Crippen LogP contribution in [-0.2, 0) is 0 Å². The predicted octanol–water partition coefficient (Wildman–Crippen LogP) is 3.05. The second-order valence-electron chi connectivity index (χ2n) is 3.84. The highest BCUT2D eigenvalue weighted by Gasteiger charge is 2.10. The van der Waals surface area contributed by atoms with Crippen LogP contribution in [0.2, 0.25) is 0 Å². The van der Waals surface area contributed by atoms with E-state index in [9.17, 15) is 0 Å². The quantitative estimate of drug-likeness (QED) is 0.750. The zero-order valence-corrected chi connectivity index (χ0v) is 9.44. The second kappa shape index (κ2) is 5.56. The molecule has 15 heavy (non-hydrogen) atoms. The van der Waals surface area contributed by atoms with Crippen molar-refractivity contribution in [3.63, 3.8) is 0 Å². The summed E-state index contributed by atoms with van der Waals surface area (Å²) >= 11 is 0. The average Bonchev–Trinajstić information content (AvgIpc) is 2.18. The van der Waals surface area contributed by atoms with E-state index in [2.05, 4.69) is 6.58 Å². The lowest BCUT2D eigenvalue weighted by atomic mass is 10.0. The van der Waals surface area contributed by atoms with Gasteiger partial charge in [0.2, 0.25) is 0 Å². The Labute approximate surface area is 91.7 Å². The smallest absolute Gasteiger partial charge is 0.124 e. The fourth-order valence-corrected chi connectivity index (χ4v) is 1.45. The van der Waals surface area contributed by atoms with Crippen LogP contribution in [0.25, 0.3) is 0 Å². The third-order valence-corrected chi connectivity index (χ3v) is 2.10. The topological polar surface area (TPSA) is 35.2 Å². The molecule has 2 heteroatoms. The highest BCUT2D eigenvalue weighted by atomic mass is 16.5. The van der Waals surface area contributed by atoms with Crippen LogP contribution in [0.3, 0.4) is 0 Å². The summed E-state index contributed by atoms with van der Waals surface area (Å²) in [6.07, 6.45) is 2.76. The monoisotopic (exact) mass is 205 g/mol. The predicted molar refractivity (Wildman–Crippen MR) is 63.9 cm³/mol. The first-order valence-electron chi connectivity index (χ1n) is 5.27. The molecule has 0 aliphatic heterocycles. The molecular weight excluding hydrogens is 186 g/mol. The van der Waals surface area contributed by atoms with Crippen molar-refractivity contribution in [1.82, 2.24) is 0 Å². The van der Waals surface area contributed by atoms with Crippen LogP contribution < -0.4 is 10.5 Å². The van der Waals surface area contributed by atoms with Gasteiger partial charge in [0.25, 0.3) is 0 Å². The normalized spacial score (nSPS) is 12.5. The molecule has 0 aromatic heterocycles. The summed E-state index contributed by atoms with van der Waals surface area (Å²) in [5, 5.41) is 0. The molecule has 0 spiro atoms. The first kappa shape index (κ1) is 11.8. The van der Waals surface area contributed by atoms with Gasteiger partial charge < -0.3 is 10.5 Å². The minimum Gasteiger partial charge on any atom is -0.491 e. The Balaban J connectivity index is 2.89. The third-order valence-electron chi connectivity index (χ3n) is 2.10. The van der Waals surface area contributed by atoms with E-state index in [1.807, 2.05) is 44.2 Å². The van der Waals surface area contributed by atoms with E-state index >= 15 is 0 Å². The first-order chi connectivity index (χ1) is 7.15. The summed E-state index contributed by atoms with van der Waals surface area (Å²) in [7, 11) is 0. The van der Waals surface area contributed by atoms with Crippen molar-refractivity contribution in [3.8, 4) is 5.75 Å². The molecule has 0 amide bonds. The van der Waals surface area contributed by atoms with Crippen LogP contribution in [0.15, 0.2) is 36.9 Å². The lowest BCUT2D eigenvalue weighted by Gasteiger charge is -2.17. The van der Waals surface area contributed by atoms with Crippen molar-refractivity contribution in [2.45, 2.75) is 32.4 Å². The Bertz CT molecular complexity index is 320. The molecule has 0 saturated carbocycles. The van der Waals surface area contributed by atoms with Gasteiger partial charge >= 0.3 is 0 Å². The van der Waals surface area contributed by atoms with Crippen molar-refractivity contribution in [2.75, 3.05) is 0 Å². The van der Waals surface area contributed by atoms with Crippen LogP contribution in [-0.4, -0.2) is 6.10 Å². The van der Waals surface area contributed by atoms with E-state index in [-0.39, 0.29) is 12.1 Å². The largest absolute Gasteiger partial charge is 0.491 e. The van der Waals surface area contributed by atoms with Gasteiger partial charge in [0.05, 0.1) is 6.10 Å². The minimum absolute atomic E-state index is 0.0301. The zero-order chi connectivity index (χ0) is 11.3. The Morgan fingerprint density at radius 2 is 2.07 bits per heavy atom. The van der Waals surface area contributed by atoms with Crippen LogP contribution >= 0.6 is 0 Å². The number of benzene rings is 1. The number of rotatable bonds is 5. The molecule has 0 radical (unpaired) electrons. The molecule has 0 aliphatic carbocycles. The number of ether oxygens (including phenoxy) is 1. The second-order valence-corrected chi connectivity index (χ2v) is 3.84. The molecule has 0 heterocycles. The van der Waals surface area contributed by atoms with Crippen LogP contribution in [0, 0.1) is 0 Å². The molecule has 82 valence electrons. The number of hydrogen-bond acceptors (Lipinski definition) is 2. The zero-order valence-electron chi connectivity index (χ0n) is 9.44. The van der Waals surface area contributed by atoms with Crippen molar-refractivity contribution < 1.29 is 4.74 Å². The third kappa shape index (κ3) is 3.40. The fourth-order valence-electron chi connectivity index (χ4n) is 1.45. The SMILES string of the molecule is C=CC[C@H](N)c1ccccc1OC(C)C. The van der Waals surface area contributed by atoms with Crippen molar-refractivity contribution in [1.29, 1.82) is 0 Å². The van der Waals surface area contributed by atoms with Gasteiger partial charge in [0.15, 0.2) is 0 Å². The molecule has 2 nitrogen and oxygen atoms in total. The lowest BCUT2D eigenvalue weighted by molar-refractivity contribution is 0.238. The van der Waals surface area contributed by atoms with Crippen LogP contribution in [0.1, 0.15) is 31.9 Å². The van der Waals surface area contributed by atoms with Crippen LogP contribution in [0.5, 0.6) is 5.75 Å². The van der Waals surface area contributed by atoms with Gasteiger partial charge in [-0.25, -0.2) is 0 Å². The summed E-state index contributed by atoms with van der Waals surface area (Å²) in [5.74, 6) is 0.877. The van der Waals surface area contributed by atoms with Gasteiger partial charge in [-0.2, -0.15) is 0 Å². The van der Waals surface area contributed by atoms with Gasteiger partial charge in [0.1, 0.15) is 5.75 Å². The number of nitrogens with two attached hydrogens (primary N) is 1. The molecule has 0 bridgehead atoms. The summed E-state index contributed by atoms with van der Waals surface area (Å²) in [5.41, 5.74) is 7.08. The Kier molecular flexibility index (Phi) is 4.37. The highest BCUT2D eigenvalue weighted by Crippen LogP contribution is 2.26. The summed E-state index contributed by atoms with van der Waals surface area (Å²) < 4.78 is 5.70. The summed E-state index contributed by atoms with van der Waals surface area (Å²) in [6.45, 7) is 7.72. The van der Waals surface area contributed by atoms with Gasteiger partial charge in [0, 0.05) is 11.6 Å².